The van der Waals surface area contributed by atoms with Gasteiger partial charge in [0.1, 0.15) is 0 Å². The van der Waals surface area contributed by atoms with Crippen molar-refractivity contribution in [3.63, 3.8) is 0 Å². The highest BCUT2D eigenvalue weighted by Crippen LogP contribution is 2.27. The number of nitrogens with two attached hydrogens (primary N) is 1. The number of esters is 1. The van der Waals surface area contributed by atoms with Crippen LogP contribution in [0.1, 0.15) is 10.4 Å². The normalized spacial score (nSPS) is 10.1. The van der Waals surface area contributed by atoms with Crippen molar-refractivity contribution in [3.8, 4) is 11.1 Å². The van der Waals surface area contributed by atoms with E-state index < -0.39 is 0 Å². The minimum atomic E-state index is -0.368. The van der Waals surface area contributed by atoms with Crippen LogP contribution in [-0.4, -0.2) is 13.1 Å². The fraction of sp³-hybridized carbons (Fsp3) is 0.0714. The molecule has 0 saturated carbocycles. The smallest absolute Gasteiger partial charge is 0.338 e. The number of carbonyl (C=O) groups is 1. The number of anilines is 1. The number of halogens is 1. The minimum Gasteiger partial charge on any atom is -0.465 e. The third-order valence-electron chi connectivity index (χ3n) is 2.60. The number of rotatable bonds is 2. The fourth-order valence-electron chi connectivity index (χ4n) is 1.72. The van der Waals surface area contributed by atoms with E-state index in [1.807, 2.05) is 24.3 Å². The summed E-state index contributed by atoms with van der Waals surface area (Å²) in [4.78, 5) is 11.7. The second-order valence-corrected chi connectivity index (χ2v) is 4.72. The molecule has 2 N–H and O–H groups in total. The molecular formula is C14H12BrNO2. The van der Waals surface area contributed by atoms with Crippen LogP contribution in [0.3, 0.4) is 0 Å². The summed E-state index contributed by atoms with van der Waals surface area (Å²) in [5.74, 6) is -0.368. The van der Waals surface area contributed by atoms with Crippen molar-refractivity contribution >= 4 is 27.6 Å². The highest BCUT2D eigenvalue weighted by Gasteiger charge is 2.13. The molecule has 2 aromatic rings. The fourth-order valence-corrected chi connectivity index (χ4v) is 1.98. The van der Waals surface area contributed by atoms with Gasteiger partial charge in [-0.15, -0.1) is 0 Å². The first-order chi connectivity index (χ1) is 8.61. The highest BCUT2D eigenvalue weighted by molar-refractivity contribution is 9.10. The Hall–Kier alpha value is -1.81. The molecular weight excluding hydrogens is 294 g/mol. The summed E-state index contributed by atoms with van der Waals surface area (Å²) in [6.07, 6.45) is 0. The Labute approximate surface area is 114 Å². The van der Waals surface area contributed by atoms with Gasteiger partial charge < -0.3 is 10.5 Å². The number of hydrogen-bond donors (Lipinski definition) is 1. The SMILES string of the molecule is COC(=O)c1ccc(N)cc1-c1ccc(Br)cc1. The lowest BCUT2D eigenvalue weighted by molar-refractivity contribution is 0.0601. The predicted octanol–water partition coefficient (Wildman–Crippen LogP) is 3.48. The summed E-state index contributed by atoms with van der Waals surface area (Å²) in [7, 11) is 1.37. The van der Waals surface area contributed by atoms with Crippen molar-refractivity contribution in [3.05, 3.63) is 52.5 Å². The molecule has 0 spiro atoms. The number of benzene rings is 2. The van der Waals surface area contributed by atoms with E-state index in [0.29, 0.717) is 11.3 Å². The van der Waals surface area contributed by atoms with Crippen molar-refractivity contribution < 1.29 is 9.53 Å². The van der Waals surface area contributed by atoms with E-state index in [9.17, 15) is 4.79 Å². The van der Waals surface area contributed by atoms with Gasteiger partial charge in [-0.1, -0.05) is 28.1 Å². The van der Waals surface area contributed by atoms with Crippen molar-refractivity contribution in [1.82, 2.24) is 0 Å². The molecule has 0 heterocycles. The number of carbonyl (C=O) groups excluding carboxylic acids is 1. The van der Waals surface area contributed by atoms with E-state index in [2.05, 4.69) is 15.9 Å². The second kappa shape index (κ2) is 5.23. The van der Waals surface area contributed by atoms with Gasteiger partial charge in [-0.25, -0.2) is 4.79 Å². The lowest BCUT2D eigenvalue weighted by Crippen LogP contribution is -2.04. The van der Waals surface area contributed by atoms with Gasteiger partial charge >= 0.3 is 5.97 Å². The molecule has 3 nitrogen and oxygen atoms in total. The molecule has 0 radical (unpaired) electrons. The van der Waals surface area contributed by atoms with Crippen LogP contribution in [-0.2, 0) is 4.74 Å². The van der Waals surface area contributed by atoms with Gasteiger partial charge in [-0.2, -0.15) is 0 Å². The summed E-state index contributed by atoms with van der Waals surface area (Å²) in [6, 6.07) is 12.8. The van der Waals surface area contributed by atoms with Crippen molar-refractivity contribution in [2.24, 2.45) is 0 Å². The zero-order valence-corrected chi connectivity index (χ0v) is 11.4. The Morgan fingerprint density at radius 2 is 1.83 bits per heavy atom. The van der Waals surface area contributed by atoms with E-state index >= 15 is 0 Å². The van der Waals surface area contributed by atoms with Crippen LogP contribution >= 0.6 is 15.9 Å². The summed E-state index contributed by atoms with van der Waals surface area (Å²) in [5.41, 5.74) is 8.59. The number of nitrogen functional groups attached to an aromatic ring is 1. The molecule has 0 bridgehead atoms. The van der Waals surface area contributed by atoms with Crippen LogP contribution < -0.4 is 5.73 Å². The number of ether oxygens (including phenoxy) is 1. The Balaban J connectivity index is 2.57. The quantitative estimate of drug-likeness (QED) is 0.682. The number of hydrogen-bond acceptors (Lipinski definition) is 3. The topological polar surface area (TPSA) is 52.3 Å². The molecule has 2 aromatic carbocycles. The van der Waals surface area contributed by atoms with E-state index in [4.69, 9.17) is 10.5 Å². The second-order valence-electron chi connectivity index (χ2n) is 3.80. The molecule has 18 heavy (non-hydrogen) atoms. The lowest BCUT2D eigenvalue weighted by atomic mass is 9.99. The molecule has 92 valence electrons. The summed E-state index contributed by atoms with van der Waals surface area (Å²) < 4.78 is 5.75. The van der Waals surface area contributed by atoms with Crippen molar-refractivity contribution in [2.75, 3.05) is 12.8 Å². The van der Waals surface area contributed by atoms with Gasteiger partial charge in [0.25, 0.3) is 0 Å². The minimum absolute atomic E-state index is 0.368. The first kappa shape index (κ1) is 12.6. The molecule has 2 rings (SSSR count). The molecule has 0 saturated heterocycles. The van der Waals surface area contributed by atoms with E-state index in [-0.39, 0.29) is 5.97 Å². The zero-order valence-electron chi connectivity index (χ0n) is 9.81. The highest BCUT2D eigenvalue weighted by atomic mass is 79.9. The van der Waals surface area contributed by atoms with Gasteiger partial charge in [0.2, 0.25) is 0 Å². The molecule has 0 unspecified atom stereocenters. The molecule has 4 heteroatoms. The van der Waals surface area contributed by atoms with Crippen LogP contribution in [0.5, 0.6) is 0 Å². The Morgan fingerprint density at radius 3 is 2.44 bits per heavy atom. The van der Waals surface area contributed by atoms with E-state index in [1.54, 1.807) is 18.2 Å². The van der Waals surface area contributed by atoms with Gasteiger partial charge in [0.05, 0.1) is 12.7 Å². The standard InChI is InChI=1S/C14H12BrNO2/c1-18-14(17)12-7-6-11(16)8-13(12)9-2-4-10(15)5-3-9/h2-8H,16H2,1H3. The Bertz CT molecular complexity index is 579. The summed E-state index contributed by atoms with van der Waals surface area (Å²) >= 11 is 3.38. The van der Waals surface area contributed by atoms with Gasteiger partial charge in [-0.3, -0.25) is 0 Å². The predicted molar refractivity (Wildman–Crippen MR) is 75.3 cm³/mol. The maximum atomic E-state index is 11.7. The third kappa shape index (κ3) is 2.54. The summed E-state index contributed by atoms with van der Waals surface area (Å²) in [6.45, 7) is 0. The maximum absolute atomic E-state index is 11.7. The Kier molecular flexibility index (Phi) is 3.67. The van der Waals surface area contributed by atoms with Gasteiger partial charge in [0, 0.05) is 10.2 Å². The maximum Gasteiger partial charge on any atom is 0.338 e. The monoisotopic (exact) mass is 305 g/mol. The first-order valence-electron chi connectivity index (χ1n) is 5.35. The third-order valence-corrected chi connectivity index (χ3v) is 3.13. The van der Waals surface area contributed by atoms with Crippen LogP contribution in [0, 0.1) is 0 Å². The largest absolute Gasteiger partial charge is 0.465 e. The molecule has 0 aliphatic rings. The van der Waals surface area contributed by atoms with Crippen LogP contribution in [0.2, 0.25) is 0 Å². The van der Waals surface area contributed by atoms with Crippen molar-refractivity contribution in [1.29, 1.82) is 0 Å². The Morgan fingerprint density at radius 1 is 1.17 bits per heavy atom. The lowest BCUT2D eigenvalue weighted by Gasteiger charge is -2.09. The van der Waals surface area contributed by atoms with E-state index in [0.717, 1.165) is 15.6 Å². The molecule has 0 fully saturated rings. The molecule has 0 aliphatic heterocycles. The van der Waals surface area contributed by atoms with E-state index in [1.165, 1.54) is 7.11 Å². The summed E-state index contributed by atoms with van der Waals surface area (Å²) in [5, 5.41) is 0. The van der Waals surface area contributed by atoms with Crippen molar-refractivity contribution in [2.45, 2.75) is 0 Å². The average Bonchev–Trinajstić information content (AvgIpc) is 2.38. The van der Waals surface area contributed by atoms with Crippen LogP contribution in [0.15, 0.2) is 46.9 Å². The molecule has 0 aromatic heterocycles. The van der Waals surface area contributed by atoms with Crippen LogP contribution in [0.4, 0.5) is 5.69 Å². The van der Waals surface area contributed by atoms with Gasteiger partial charge in [0.15, 0.2) is 0 Å². The zero-order chi connectivity index (χ0) is 13.1. The molecule has 0 atom stereocenters. The van der Waals surface area contributed by atoms with Crippen LogP contribution in [0.25, 0.3) is 11.1 Å². The molecule has 0 aliphatic carbocycles. The first-order valence-corrected chi connectivity index (χ1v) is 6.15. The number of methoxy groups -OCH3 is 1. The molecule has 0 amide bonds. The average molecular weight is 306 g/mol. The van der Waals surface area contributed by atoms with Gasteiger partial charge in [-0.05, 0) is 41.5 Å².